The number of hydrogen-bond acceptors (Lipinski definition) is 3. The first-order valence-corrected chi connectivity index (χ1v) is 9.76. The van der Waals surface area contributed by atoms with Crippen LogP contribution in [-0.4, -0.2) is 14.5 Å². The number of aromatic nitrogens is 3. The van der Waals surface area contributed by atoms with E-state index in [1.165, 1.54) is 0 Å². The predicted molar refractivity (Wildman–Crippen MR) is 113 cm³/mol. The van der Waals surface area contributed by atoms with Crippen molar-refractivity contribution in [3.8, 4) is 22.6 Å². The highest BCUT2D eigenvalue weighted by molar-refractivity contribution is 6.32. The first-order valence-electron chi connectivity index (χ1n) is 9.39. The molecule has 0 amide bonds. The quantitative estimate of drug-likeness (QED) is 0.567. The molecule has 0 aliphatic heterocycles. The lowest BCUT2D eigenvalue weighted by atomic mass is 10.1. The van der Waals surface area contributed by atoms with Gasteiger partial charge in [-0.05, 0) is 18.1 Å². The first-order chi connectivity index (χ1) is 13.1. The molecule has 0 fully saturated rings. The third-order valence-electron chi connectivity index (χ3n) is 4.27. The Balaban J connectivity index is 0.00000126. The Morgan fingerprint density at radius 3 is 2.33 bits per heavy atom. The van der Waals surface area contributed by atoms with Crippen molar-refractivity contribution in [3.63, 3.8) is 0 Å². The van der Waals surface area contributed by atoms with E-state index in [1.54, 1.807) is 22.9 Å². The third kappa shape index (κ3) is 4.83. The summed E-state index contributed by atoms with van der Waals surface area (Å²) in [5, 5.41) is 0.315. The second-order valence-electron chi connectivity index (χ2n) is 6.11. The molecule has 4 nitrogen and oxygen atoms in total. The van der Waals surface area contributed by atoms with Crippen LogP contribution in [0.25, 0.3) is 22.6 Å². The van der Waals surface area contributed by atoms with E-state index < -0.39 is 0 Å². The third-order valence-corrected chi connectivity index (χ3v) is 4.53. The van der Waals surface area contributed by atoms with E-state index >= 15 is 0 Å². The highest BCUT2D eigenvalue weighted by Gasteiger charge is 2.19. The number of benzene rings is 1. The largest absolute Gasteiger partial charge is 0.303 e. The summed E-state index contributed by atoms with van der Waals surface area (Å²) in [6.45, 7) is 8.82. The summed E-state index contributed by atoms with van der Waals surface area (Å²) >= 11 is 6.52. The minimum atomic E-state index is -0.165. The summed E-state index contributed by atoms with van der Waals surface area (Å²) in [6.07, 6.45) is 2.62. The van der Waals surface area contributed by atoms with E-state index in [1.807, 2.05) is 50.2 Å². The van der Waals surface area contributed by atoms with Gasteiger partial charge < -0.3 is 4.57 Å². The zero-order chi connectivity index (χ0) is 19.8. The fraction of sp³-hybridized carbons (Fsp3) is 0.318. The van der Waals surface area contributed by atoms with Gasteiger partial charge in [0.05, 0.1) is 11.4 Å². The summed E-state index contributed by atoms with van der Waals surface area (Å²) in [5.41, 5.74) is 2.20. The highest BCUT2D eigenvalue weighted by atomic mass is 35.5. The highest BCUT2D eigenvalue weighted by Crippen LogP contribution is 2.27. The molecule has 3 rings (SSSR count). The molecule has 1 unspecified atom stereocenters. The maximum Gasteiger partial charge on any atom is 0.279 e. The van der Waals surface area contributed by atoms with Crippen LogP contribution < -0.4 is 5.56 Å². The van der Waals surface area contributed by atoms with Crippen molar-refractivity contribution in [1.29, 1.82) is 0 Å². The van der Waals surface area contributed by atoms with Crippen molar-refractivity contribution >= 4 is 11.6 Å². The molecule has 0 N–H and O–H groups in total. The van der Waals surface area contributed by atoms with Gasteiger partial charge in [0.2, 0.25) is 0 Å². The molecule has 142 valence electrons. The van der Waals surface area contributed by atoms with Gasteiger partial charge in [-0.25, -0.2) is 4.98 Å². The maximum absolute atomic E-state index is 13.2. The van der Waals surface area contributed by atoms with E-state index in [2.05, 4.69) is 23.8 Å². The average Bonchev–Trinajstić information content (AvgIpc) is 2.73. The molecule has 1 atom stereocenters. The van der Waals surface area contributed by atoms with Crippen molar-refractivity contribution in [2.45, 2.75) is 40.7 Å². The van der Waals surface area contributed by atoms with Crippen LogP contribution in [0.5, 0.6) is 0 Å². The van der Waals surface area contributed by atoms with Gasteiger partial charge in [0.15, 0.2) is 10.8 Å². The number of halogens is 1. The molecule has 0 saturated carbocycles. The van der Waals surface area contributed by atoms with Crippen LogP contribution in [0.1, 0.15) is 34.1 Å². The normalized spacial score (nSPS) is 11.4. The van der Waals surface area contributed by atoms with Gasteiger partial charge >= 0.3 is 0 Å². The van der Waals surface area contributed by atoms with Gasteiger partial charge in [-0.3, -0.25) is 9.78 Å². The molecule has 0 aliphatic rings. The molecule has 2 aromatic heterocycles. The molecule has 0 aliphatic carbocycles. The Hall–Kier alpha value is -2.46. The smallest absolute Gasteiger partial charge is 0.279 e. The van der Waals surface area contributed by atoms with Crippen molar-refractivity contribution < 1.29 is 0 Å². The zero-order valence-electron chi connectivity index (χ0n) is 16.3. The number of nitrogens with zero attached hydrogens (tertiary/aromatic N) is 3. The minimum absolute atomic E-state index is 0.165. The predicted octanol–water partition coefficient (Wildman–Crippen LogP) is 5.70. The SMILES string of the molecule is CC.CCC(C)Cn1c(-c2ccccc2)c(Cl)nc(-c2ccccn2)c1=O. The first kappa shape index (κ1) is 20.8. The number of hydrogen-bond donors (Lipinski definition) is 0. The van der Waals surface area contributed by atoms with Crippen LogP contribution in [0.2, 0.25) is 5.15 Å². The standard InChI is InChI=1S/C20H20ClN3O.C2H6/c1-3-14(2)13-24-18(15-9-5-4-6-10-15)19(21)23-17(20(24)25)16-11-7-8-12-22-16;1-2/h4-12,14H,3,13H2,1-2H3;1-2H3. The second-order valence-corrected chi connectivity index (χ2v) is 6.47. The molecule has 0 spiro atoms. The molecule has 0 bridgehead atoms. The van der Waals surface area contributed by atoms with Crippen molar-refractivity contribution in [2.75, 3.05) is 0 Å². The zero-order valence-corrected chi connectivity index (χ0v) is 17.1. The summed E-state index contributed by atoms with van der Waals surface area (Å²) < 4.78 is 1.74. The van der Waals surface area contributed by atoms with E-state index in [0.717, 1.165) is 12.0 Å². The molecule has 3 aromatic rings. The van der Waals surface area contributed by atoms with Crippen LogP contribution in [0.3, 0.4) is 0 Å². The van der Waals surface area contributed by atoms with E-state index in [4.69, 9.17) is 11.6 Å². The maximum atomic E-state index is 13.2. The Morgan fingerprint density at radius 2 is 1.74 bits per heavy atom. The van der Waals surface area contributed by atoms with Crippen LogP contribution in [0.4, 0.5) is 0 Å². The molecular formula is C22H26ClN3O. The molecule has 5 heteroatoms. The summed E-state index contributed by atoms with van der Waals surface area (Å²) in [7, 11) is 0. The van der Waals surface area contributed by atoms with Crippen molar-refractivity contribution in [2.24, 2.45) is 5.92 Å². The van der Waals surface area contributed by atoms with Gasteiger partial charge in [0.25, 0.3) is 5.56 Å². The van der Waals surface area contributed by atoms with Gasteiger partial charge in [-0.1, -0.05) is 82.1 Å². The second kappa shape index (κ2) is 10.0. The topological polar surface area (TPSA) is 47.8 Å². The fourth-order valence-corrected chi connectivity index (χ4v) is 2.99. The van der Waals surface area contributed by atoms with Gasteiger partial charge in [0.1, 0.15) is 0 Å². The Bertz CT molecular complexity index is 908. The number of rotatable bonds is 5. The van der Waals surface area contributed by atoms with Crippen LogP contribution >= 0.6 is 11.6 Å². The molecular weight excluding hydrogens is 358 g/mol. The Labute approximate surface area is 165 Å². The lowest BCUT2D eigenvalue weighted by Gasteiger charge is -2.18. The minimum Gasteiger partial charge on any atom is -0.303 e. The summed E-state index contributed by atoms with van der Waals surface area (Å²) in [4.78, 5) is 21.8. The van der Waals surface area contributed by atoms with Crippen LogP contribution in [0.15, 0.2) is 59.5 Å². The van der Waals surface area contributed by atoms with Crippen molar-refractivity contribution in [1.82, 2.24) is 14.5 Å². The lowest BCUT2D eigenvalue weighted by Crippen LogP contribution is -2.28. The summed E-state index contributed by atoms with van der Waals surface area (Å²) in [5.74, 6) is 0.343. The molecule has 0 saturated heterocycles. The molecule has 0 radical (unpaired) electrons. The lowest BCUT2D eigenvalue weighted by molar-refractivity contribution is 0.462. The van der Waals surface area contributed by atoms with Crippen LogP contribution in [-0.2, 0) is 6.54 Å². The van der Waals surface area contributed by atoms with Gasteiger partial charge in [-0.2, -0.15) is 0 Å². The van der Waals surface area contributed by atoms with Crippen molar-refractivity contribution in [3.05, 3.63) is 70.2 Å². The van der Waals surface area contributed by atoms with Gasteiger partial charge in [-0.15, -0.1) is 0 Å². The summed E-state index contributed by atoms with van der Waals surface area (Å²) in [6, 6.07) is 15.1. The Kier molecular flexibility index (Phi) is 7.74. The fourth-order valence-electron chi connectivity index (χ4n) is 2.70. The number of pyridine rings is 1. The van der Waals surface area contributed by atoms with Gasteiger partial charge in [0, 0.05) is 18.3 Å². The Morgan fingerprint density at radius 1 is 1.07 bits per heavy atom. The van der Waals surface area contributed by atoms with Crippen LogP contribution in [0, 0.1) is 5.92 Å². The molecule has 2 heterocycles. The monoisotopic (exact) mass is 383 g/mol. The average molecular weight is 384 g/mol. The molecule has 1 aromatic carbocycles. The van der Waals surface area contributed by atoms with E-state index in [-0.39, 0.29) is 11.3 Å². The van der Waals surface area contributed by atoms with E-state index in [0.29, 0.717) is 29.0 Å². The molecule has 27 heavy (non-hydrogen) atoms. The van der Waals surface area contributed by atoms with E-state index in [9.17, 15) is 4.79 Å².